The molecule has 0 radical (unpaired) electrons. The summed E-state index contributed by atoms with van der Waals surface area (Å²) < 4.78 is 33.0. The van der Waals surface area contributed by atoms with Crippen LogP contribution in [0.3, 0.4) is 0 Å². The van der Waals surface area contributed by atoms with E-state index in [1.54, 1.807) is 0 Å². The summed E-state index contributed by atoms with van der Waals surface area (Å²) in [6, 6.07) is 9.63. The molecule has 0 aliphatic carbocycles. The first-order valence-corrected chi connectivity index (χ1v) is 8.12. The predicted octanol–water partition coefficient (Wildman–Crippen LogP) is 3.28. The molecule has 24 heavy (non-hydrogen) atoms. The number of rotatable bonds is 3. The van der Waals surface area contributed by atoms with Gasteiger partial charge in [0.15, 0.2) is 0 Å². The van der Waals surface area contributed by atoms with Crippen molar-refractivity contribution >= 4 is 6.21 Å². The Hall–Kier alpha value is -2.27. The zero-order chi connectivity index (χ0) is 16.5. The van der Waals surface area contributed by atoms with E-state index < -0.39 is 11.6 Å². The summed E-state index contributed by atoms with van der Waals surface area (Å²) in [6.07, 6.45) is 1.88. The van der Waals surface area contributed by atoms with Gasteiger partial charge in [0.2, 0.25) is 0 Å². The van der Waals surface area contributed by atoms with Crippen molar-refractivity contribution in [3.63, 3.8) is 0 Å². The van der Waals surface area contributed by atoms with Crippen LogP contribution in [0.4, 0.5) is 8.78 Å². The first-order chi connectivity index (χ1) is 11.7. The molecular formula is C19H18F2N2O. The van der Waals surface area contributed by atoms with Gasteiger partial charge in [-0.2, -0.15) is 0 Å². The fraction of sp³-hybridized carbons (Fsp3) is 0.316. The second-order valence-corrected chi connectivity index (χ2v) is 6.30. The van der Waals surface area contributed by atoms with Gasteiger partial charge in [0, 0.05) is 31.8 Å². The number of halogens is 2. The normalized spacial score (nSPS) is 21.9. The molecule has 124 valence electrons. The number of hydrogen-bond donors (Lipinski definition) is 1. The van der Waals surface area contributed by atoms with Crippen LogP contribution in [0.1, 0.15) is 22.6 Å². The quantitative estimate of drug-likeness (QED) is 0.938. The minimum atomic E-state index is -0.591. The van der Waals surface area contributed by atoms with Crippen molar-refractivity contribution in [2.75, 3.05) is 19.6 Å². The Morgan fingerprint density at radius 1 is 1.12 bits per heavy atom. The van der Waals surface area contributed by atoms with Crippen LogP contribution in [0.15, 0.2) is 41.4 Å². The molecule has 1 saturated heterocycles. The van der Waals surface area contributed by atoms with E-state index in [0.717, 1.165) is 25.2 Å². The molecule has 0 amide bonds. The van der Waals surface area contributed by atoms with Gasteiger partial charge in [0.1, 0.15) is 24.0 Å². The SMILES string of the molecule is Fc1cccc(F)c1COc1ccc2c(c1)C=NCC1CNCC21. The molecule has 2 atom stereocenters. The number of benzene rings is 2. The Labute approximate surface area is 139 Å². The minimum Gasteiger partial charge on any atom is -0.489 e. The van der Waals surface area contributed by atoms with Crippen molar-refractivity contribution < 1.29 is 13.5 Å². The zero-order valence-electron chi connectivity index (χ0n) is 13.1. The molecule has 5 heteroatoms. The lowest BCUT2D eigenvalue weighted by Crippen LogP contribution is -2.13. The van der Waals surface area contributed by atoms with Gasteiger partial charge < -0.3 is 10.1 Å². The highest BCUT2D eigenvalue weighted by molar-refractivity contribution is 5.83. The molecule has 2 aliphatic rings. The summed E-state index contributed by atoms with van der Waals surface area (Å²) in [6.45, 7) is 2.64. The number of aliphatic imine (C=N–C) groups is 1. The second kappa shape index (κ2) is 6.32. The molecule has 2 unspecified atom stereocenters. The van der Waals surface area contributed by atoms with E-state index >= 15 is 0 Å². The Kier molecular flexibility index (Phi) is 4.02. The summed E-state index contributed by atoms with van der Waals surface area (Å²) >= 11 is 0. The van der Waals surface area contributed by atoms with Crippen molar-refractivity contribution in [3.05, 3.63) is 64.7 Å². The molecule has 0 aromatic heterocycles. The maximum atomic E-state index is 13.7. The predicted molar refractivity (Wildman–Crippen MR) is 88.7 cm³/mol. The fourth-order valence-electron chi connectivity index (χ4n) is 3.49. The average Bonchev–Trinajstić information content (AvgIpc) is 2.96. The van der Waals surface area contributed by atoms with Crippen molar-refractivity contribution in [2.45, 2.75) is 12.5 Å². The highest BCUT2D eigenvalue weighted by Gasteiger charge is 2.30. The molecule has 2 aromatic rings. The first kappa shape index (κ1) is 15.3. The average molecular weight is 328 g/mol. The largest absolute Gasteiger partial charge is 0.489 e. The second-order valence-electron chi connectivity index (χ2n) is 6.30. The maximum absolute atomic E-state index is 13.7. The number of hydrogen-bond acceptors (Lipinski definition) is 3. The van der Waals surface area contributed by atoms with Crippen LogP contribution in [-0.4, -0.2) is 25.8 Å². The number of nitrogens with one attached hydrogen (secondary N) is 1. The zero-order valence-corrected chi connectivity index (χ0v) is 13.1. The van der Waals surface area contributed by atoms with Crippen LogP contribution in [-0.2, 0) is 6.61 Å². The van der Waals surface area contributed by atoms with Crippen LogP contribution in [0.25, 0.3) is 0 Å². The lowest BCUT2D eigenvalue weighted by molar-refractivity contribution is 0.292. The van der Waals surface area contributed by atoms with Crippen LogP contribution in [0.5, 0.6) is 5.75 Å². The molecule has 0 bridgehead atoms. The van der Waals surface area contributed by atoms with Crippen molar-refractivity contribution in [2.24, 2.45) is 10.9 Å². The van der Waals surface area contributed by atoms with E-state index in [4.69, 9.17) is 4.74 Å². The molecule has 2 aliphatic heterocycles. The Morgan fingerprint density at radius 3 is 2.79 bits per heavy atom. The Bertz CT molecular complexity index is 771. The number of nitrogens with zero attached hydrogens (tertiary/aromatic N) is 1. The molecule has 0 spiro atoms. The van der Waals surface area contributed by atoms with E-state index in [2.05, 4.69) is 10.3 Å². The molecular weight excluding hydrogens is 310 g/mol. The van der Waals surface area contributed by atoms with Crippen molar-refractivity contribution in [3.8, 4) is 5.75 Å². The standard InChI is InChI=1S/C19H18F2N2O/c20-18-2-1-3-19(21)17(18)11-24-14-4-5-15-12(6-14)7-22-8-13-9-23-10-16(13)15/h1-7,13,16,23H,8-11H2. The summed E-state index contributed by atoms with van der Waals surface area (Å²) in [7, 11) is 0. The van der Waals surface area contributed by atoms with Crippen LogP contribution in [0, 0.1) is 17.6 Å². The molecule has 0 saturated carbocycles. The Morgan fingerprint density at radius 2 is 1.96 bits per heavy atom. The summed E-state index contributed by atoms with van der Waals surface area (Å²) in [5.41, 5.74) is 2.23. The van der Waals surface area contributed by atoms with Gasteiger partial charge in [0.05, 0.1) is 5.56 Å². The van der Waals surface area contributed by atoms with Gasteiger partial charge in [0.25, 0.3) is 0 Å². The summed E-state index contributed by atoms with van der Waals surface area (Å²) in [5, 5.41) is 3.42. The summed E-state index contributed by atoms with van der Waals surface area (Å²) in [4.78, 5) is 4.50. The minimum absolute atomic E-state index is 0.0545. The molecule has 1 fully saturated rings. The fourth-order valence-corrected chi connectivity index (χ4v) is 3.49. The summed E-state index contributed by atoms with van der Waals surface area (Å²) in [5.74, 6) is 0.395. The van der Waals surface area contributed by atoms with Crippen molar-refractivity contribution in [1.29, 1.82) is 0 Å². The van der Waals surface area contributed by atoms with Gasteiger partial charge >= 0.3 is 0 Å². The van der Waals surface area contributed by atoms with Gasteiger partial charge in [-0.3, -0.25) is 4.99 Å². The van der Waals surface area contributed by atoms with Crippen LogP contribution < -0.4 is 10.1 Å². The van der Waals surface area contributed by atoms with E-state index in [1.165, 1.54) is 23.8 Å². The third kappa shape index (κ3) is 2.80. The smallest absolute Gasteiger partial charge is 0.132 e. The number of ether oxygens (including phenoxy) is 1. The van der Waals surface area contributed by atoms with E-state index in [0.29, 0.717) is 17.6 Å². The van der Waals surface area contributed by atoms with Crippen LogP contribution >= 0.6 is 0 Å². The molecule has 3 nitrogen and oxygen atoms in total. The third-order valence-electron chi connectivity index (χ3n) is 4.81. The highest BCUT2D eigenvalue weighted by Crippen LogP contribution is 2.34. The lowest BCUT2D eigenvalue weighted by Gasteiger charge is -2.17. The maximum Gasteiger partial charge on any atom is 0.132 e. The van der Waals surface area contributed by atoms with Gasteiger partial charge in [-0.15, -0.1) is 0 Å². The lowest BCUT2D eigenvalue weighted by atomic mass is 9.87. The molecule has 2 heterocycles. The van der Waals surface area contributed by atoms with Crippen LogP contribution in [0.2, 0.25) is 0 Å². The van der Waals surface area contributed by atoms with Gasteiger partial charge in [-0.25, -0.2) is 8.78 Å². The van der Waals surface area contributed by atoms with E-state index in [9.17, 15) is 8.78 Å². The number of fused-ring (bicyclic) bond motifs is 3. The molecule has 1 N–H and O–H groups in total. The van der Waals surface area contributed by atoms with E-state index in [1.807, 2.05) is 24.4 Å². The molecule has 2 aromatic carbocycles. The monoisotopic (exact) mass is 328 g/mol. The molecule has 4 rings (SSSR count). The topological polar surface area (TPSA) is 33.6 Å². The van der Waals surface area contributed by atoms with E-state index in [-0.39, 0.29) is 12.2 Å². The third-order valence-corrected chi connectivity index (χ3v) is 4.81. The Balaban J connectivity index is 1.56. The van der Waals surface area contributed by atoms with Gasteiger partial charge in [-0.1, -0.05) is 12.1 Å². The van der Waals surface area contributed by atoms with Crippen molar-refractivity contribution in [1.82, 2.24) is 5.32 Å². The first-order valence-electron chi connectivity index (χ1n) is 8.12. The van der Waals surface area contributed by atoms with Gasteiger partial charge in [-0.05, 0) is 41.3 Å². The highest BCUT2D eigenvalue weighted by atomic mass is 19.1.